The Kier molecular flexibility index (Phi) is 8.70. The van der Waals surface area contributed by atoms with Crippen molar-refractivity contribution in [2.75, 3.05) is 18.9 Å². The van der Waals surface area contributed by atoms with Crippen molar-refractivity contribution in [3.05, 3.63) is 32.4 Å². The van der Waals surface area contributed by atoms with Crippen LogP contribution in [0.5, 0.6) is 0 Å². The maximum Gasteiger partial charge on any atom is 0.203 e. The Morgan fingerprint density at radius 3 is 2.68 bits per heavy atom. The summed E-state index contributed by atoms with van der Waals surface area (Å²) in [6.07, 6.45) is 5.17. The van der Waals surface area contributed by atoms with Crippen molar-refractivity contribution in [1.82, 2.24) is 5.32 Å². The first-order valence-corrected chi connectivity index (χ1v) is 12.4. The molecule has 0 amide bonds. The number of hydrogen-bond donors (Lipinski definition) is 3. The van der Waals surface area contributed by atoms with E-state index in [-0.39, 0.29) is 12.2 Å². The maximum atomic E-state index is 12.4. The summed E-state index contributed by atoms with van der Waals surface area (Å²) < 4.78 is 13.4. The molecule has 3 N–H and O–H groups in total. The average Bonchev–Trinajstić information content (AvgIpc) is 2.55. The fourth-order valence-corrected chi connectivity index (χ4v) is 6.22. The third-order valence-corrected chi connectivity index (χ3v) is 8.49. The zero-order valence-electron chi connectivity index (χ0n) is 14.6. The molecule has 0 bridgehead atoms. The summed E-state index contributed by atoms with van der Waals surface area (Å²) in [6, 6.07) is 5.86. The van der Waals surface area contributed by atoms with Gasteiger partial charge < -0.3 is 15.3 Å². The fourth-order valence-electron chi connectivity index (χ4n) is 3.45. The van der Waals surface area contributed by atoms with Crippen molar-refractivity contribution in [3.8, 4) is 0 Å². The smallest absolute Gasteiger partial charge is 0.203 e. The maximum absolute atomic E-state index is 12.4. The van der Waals surface area contributed by atoms with Crippen LogP contribution in [0.15, 0.2) is 18.2 Å². The number of rotatable bonds is 8. The van der Waals surface area contributed by atoms with E-state index in [1.165, 1.54) is 6.42 Å². The van der Waals surface area contributed by atoms with Crippen molar-refractivity contribution < 1.29 is 14.6 Å². The molecule has 7 heteroatoms. The van der Waals surface area contributed by atoms with Crippen LogP contribution >= 0.6 is 41.6 Å². The lowest BCUT2D eigenvalue weighted by molar-refractivity contribution is 0.186. The number of halogens is 2. The van der Waals surface area contributed by atoms with Crippen molar-refractivity contribution >= 4 is 41.6 Å². The van der Waals surface area contributed by atoms with E-state index < -0.39 is 13.5 Å². The monoisotopic (exact) mass is 499 g/mol. The standard InChI is InChI=1S/C18H28ClINO3P/c1-13(15-7-8-17(19)18(20)9-15)21-10-16(22)12-25(23,24)11-14-5-3-2-4-6-14/h7-9,13-14,16,21-22H,2-6,10-12H2,1H3,(H,23,24)/t13?,16-/m0/s1. The van der Waals surface area contributed by atoms with E-state index in [4.69, 9.17) is 11.6 Å². The predicted molar refractivity (Wildman–Crippen MR) is 113 cm³/mol. The van der Waals surface area contributed by atoms with Crippen molar-refractivity contribution in [2.45, 2.75) is 51.2 Å². The Bertz CT molecular complexity index is 610. The number of aliphatic hydroxyl groups is 1. The van der Waals surface area contributed by atoms with Gasteiger partial charge in [-0.2, -0.15) is 0 Å². The highest BCUT2D eigenvalue weighted by Crippen LogP contribution is 2.45. The summed E-state index contributed by atoms with van der Waals surface area (Å²) in [7, 11) is -3.27. The molecule has 0 heterocycles. The van der Waals surface area contributed by atoms with E-state index in [2.05, 4.69) is 27.9 Å². The lowest BCUT2D eigenvalue weighted by atomic mass is 9.91. The van der Waals surface area contributed by atoms with Gasteiger partial charge >= 0.3 is 0 Å². The van der Waals surface area contributed by atoms with Gasteiger partial charge in [-0.15, -0.1) is 0 Å². The molecule has 25 heavy (non-hydrogen) atoms. The second-order valence-corrected chi connectivity index (χ2v) is 11.2. The molecule has 0 radical (unpaired) electrons. The van der Waals surface area contributed by atoms with Crippen molar-refractivity contribution in [3.63, 3.8) is 0 Å². The van der Waals surface area contributed by atoms with Crippen LogP contribution in [-0.2, 0) is 4.57 Å². The molecule has 0 aromatic heterocycles. The van der Waals surface area contributed by atoms with Gasteiger partial charge in [0.15, 0.2) is 0 Å². The minimum Gasteiger partial charge on any atom is -0.391 e. The van der Waals surface area contributed by atoms with Gasteiger partial charge in [-0.1, -0.05) is 36.9 Å². The average molecular weight is 500 g/mol. The van der Waals surface area contributed by atoms with Crippen LogP contribution < -0.4 is 5.32 Å². The molecule has 2 unspecified atom stereocenters. The number of aliphatic hydroxyl groups excluding tert-OH is 1. The molecule has 1 aromatic rings. The molecule has 1 aliphatic carbocycles. The summed E-state index contributed by atoms with van der Waals surface area (Å²) in [4.78, 5) is 10.2. The zero-order chi connectivity index (χ0) is 18.4. The number of benzene rings is 1. The molecular weight excluding hydrogens is 472 g/mol. The van der Waals surface area contributed by atoms with Gasteiger partial charge in [-0.25, -0.2) is 0 Å². The van der Waals surface area contributed by atoms with E-state index in [9.17, 15) is 14.6 Å². The van der Waals surface area contributed by atoms with Gasteiger partial charge in [0, 0.05) is 22.3 Å². The minimum atomic E-state index is -3.27. The van der Waals surface area contributed by atoms with Crippen LogP contribution in [0.1, 0.15) is 50.6 Å². The fraction of sp³-hybridized carbons (Fsp3) is 0.667. The normalized spacial score (nSPS) is 20.8. The lowest BCUT2D eigenvalue weighted by Gasteiger charge is -2.25. The molecule has 2 rings (SSSR count). The molecule has 1 aliphatic rings. The van der Waals surface area contributed by atoms with Crippen molar-refractivity contribution in [2.24, 2.45) is 5.92 Å². The zero-order valence-corrected chi connectivity index (χ0v) is 18.4. The Morgan fingerprint density at radius 2 is 2.04 bits per heavy atom. The first-order valence-electron chi connectivity index (χ1n) is 8.94. The summed E-state index contributed by atoms with van der Waals surface area (Å²) in [6.45, 7) is 2.31. The van der Waals surface area contributed by atoms with Crippen molar-refractivity contribution in [1.29, 1.82) is 0 Å². The van der Waals surface area contributed by atoms with E-state index in [1.54, 1.807) is 0 Å². The lowest BCUT2D eigenvalue weighted by Crippen LogP contribution is -2.32. The van der Waals surface area contributed by atoms with Gasteiger partial charge in [0.25, 0.3) is 0 Å². The van der Waals surface area contributed by atoms with Crippen LogP contribution in [0, 0.1) is 9.49 Å². The summed E-state index contributed by atoms with van der Waals surface area (Å²) >= 11 is 8.23. The minimum absolute atomic E-state index is 0.0264. The third-order valence-electron chi connectivity index (χ3n) is 4.87. The largest absolute Gasteiger partial charge is 0.391 e. The van der Waals surface area contributed by atoms with Crippen LogP contribution in [0.25, 0.3) is 0 Å². The van der Waals surface area contributed by atoms with Crippen LogP contribution in [-0.4, -0.2) is 35.0 Å². The van der Waals surface area contributed by atoms with E-state index in [1.807, 2.05) is 25.1 Å². The molecular formula is C18H28ClINO3P. The Labute approximate surface area is 169 Å². The van der Waals surface area contributed by atoms with Gasteiger partial charge in [0.1, 0.15) is 0 Å². The third kappa shape index (κ3) is 7.47. The highest BCUT2D eigenvalue weighted by atomic mass is 127. The molecule has 0 saturated heterocycles. The Morgan fingerprint density at radius 1 is 1.36 bits per heavy atom. The van der Waals surface area contributed by atoms with Gasteiger partial charge in [-0.05, 0) is 66.0 Å². The highest BCUT2D eigenvalue weighted by Gasteiger charge is 2.28. The van der Waals surface area contributed by atoms with Gasteiger partial charge in [-0.3, -0.25) is 4.57 Å². The summed E-state index contributed by atoms with van der Waals surface area (Å²) in [5, 5.41) is 14.2. The highest BCUT2D eigenvalue weighted by molar-refractivity contribution is 14.1. The SMILES string of the molecule is CC(NC[C@H](O)CP(=O)(O)CC1CCCCC1)c1ccc(Cl)c(I)c1. The summed E-state index contributed by atoms with van der Waals surface area (Å²) in [5.74, 6) is 0.347. The molecule has 142 valence electrons. The number of nitrogens with one attached hydrogen (secondary N) is 1. The van der Waals surface area contributed by atoms with Crippen LogP contribution in [0.2, 0.25) is 5.02 Å². The molecule has 0 aliphatic heterocycles. The molecule has 4 nitrogen and oxygen atoms in total. The second-order valence-electron chi connectivity index (χ2n) is 7.17. The molecule has 1 saturated carbocycles. The predicted octanol–water partition coefficient (Wildman–Crippen LogP) is 4.81. The first-order chi connectivity index (χ1) is 11.8. The van der Waals surface area contributed by atoms with Gasteiger partial charge in [0.2, 0.25) is 7.37 Å². The van der Waals surface area contributed by atoms with E-state index >= 15 is 0 Å². The molecule has 1 fully saturated rings. The van der Waals surface area contributed by atoms with Gasteiger partial charge in [0.05, 0.1) is 17.3 Å². The first kappa shape index (κ1) is 21.6. The van der Waals surface area contributed by atoms with E-state index in [0.717, 1.165) is 39.8 Å². The number of hydrogen-bond acceptors (Lipinski definition) is 3. The Balaban J connectivity index is 1.79. The van der Waals surface area contributed by atoms with Crippen LogP contribution in [0.3, 0.4) is 0 Å². The van der Waals surface area contributed by atoms with E-state index in [0.29, 0.717) is 18.6 Å². The quantitative estimate of drug-likeness (QED) is 0.355. The topological polar surface area (TPSA) is 69.6 Å². The second kappa shape index (κ2) is 10.0. The molecule has 1 aromatic carbocycles. The molecule has 3 atom stereocenters. The Hall–Kier alpha value is 0.350. The van der Waals surface area contributed by atoms with Crippen LogP contribution in [0.4, 0.5) is 0 Å². The summed E-state index contributed by atoms with van der Waals surface area (Å²) in [5.41, 5.74) is 1.08. The molecule has 0 spiro atoms.